The largest absolute Gasteiger partial charge is 0.465 e. The third-order valence-corrected chi connectivity index (χ3v) is 2.86. The molecule has 0 aliphatic rings. The minimum absolute atomic E-state index is 0.395. The molecule has 4 heteroatoms. The van der Waals surface area contributed by atoms with Crippen LogP contribution in [0.5, 0.6) is 0 Å². The van der Waals surface area contributed by atoms with Gasteiger partial charge in [-0.15, -0.1) is 0 Å². The van der Waals surface area contributed by atoms with Gasteiger partial charge in [0.25, 0.3) is 0 Å². The quantitative estimate of drug-likeness (QED) is 0.768. The maximum absolute atomic E-state index is 11.6. The fourth-order valence-electron chi connectivity index (χ4n) is 1.53. The molecule has 0 radical (unpaired) electrons. The SMILES string of the molecule is COC(=O)c1cc(N(C)C)cc(C(C)(C)C#N)c1. The molecule has 0 aromatic heterocycles. The topological polar surface area (TPSA) is 53.3 Å². The molecule has 0 spiro atoms. The van der Waals surface area contributed by atoms with Crippen molar-refractivity contribution in [3.05, 3.63) is 29.3 Å². The summed E-state index contributed by atoms with van der Waals surface area (Å²) in [4.78, 5) is 13.5. The molecule has 1 aromatic carbocycles. The fraction of sp³-hybridized carbons (Fsp3) is 0.429. The minimum Gasteiger partial charge on any atom is -0.465 e. The Morgan fingerprint density at radius 3 is 2.39 bits per heavy atom. The second-order valence-electron chi connectivity index (χ2n) is 4.89. The van der Waals surface area contributed by atoms with E-state index in [1.807, 2.05) is 38.9 Å². The maximum atomic E-state index is 11.6. The van der Waals surface area contributed by atoms with Crippen LogP contribution in [-0.2, 0) is 10.2 Å². The number of hydrogen-bond acceptors (Lipinski definition) is 4. The van der Waals surface area contributed by atoms with Gasteiger partial charge in [-0.2, -0.15) is 5.26 Å². The molecular weight excluding hydrogens is 228 g/mol. The Labute approximate surface area is 108 Å². The number of ether oxygens (including phenoxy) is 1. The van der Waals surface area contributed by atoms with Gasteiger partial charge in [0.1, 0.15) is 0 Å². The van der Waals surface area contributed by atoms with Gasteiger partial charge in [0.2, 0.25) is 0 Å². The maximum Gasteiger partial charge on any atom is 0.337 e. The second kappa shape index (κ2) is 5.09. The van der Waals surface area contributed by atoms with E-state index < -0.39 is 11.4 Å². The first kappa shape index (κ1) is 14.0. The zero-order chi connectivity index (χ0) is 13.9. The summed E-state index contributed by atoms with van der Waals surface area (Å²) in [6.07, 6.45) is 0. The second-order valence-corrected chi connectivity index (χ2v) is 4.89. The number of anilines is 1. The number of carbonyl (C=O) groups is 1. The first-order chi connectivity index (χ1) is 8.31. The first-order valence-electron chi connectivity index (χ1n) is 5.64. The molecule has 0 unspecified atom stereocenters. The molecule has 18 heavy (non-hydrogen) atoms. The van der Waals surface area contributed by atoms with Crippen LogP contribution < -0.4 is 4.90 Å². The van der Waals surface area contributed by atoms with Crippen LogP contribution >= 0.6 is 0 Å². The minimum atomic E-state index is -0.644. The van der Waals surface area contributed by atoms with Crippen molar-refractivity contribution < 1.29 is 9.53 Å². The molecule has 1 aromatic rings. The van der Waals surface area contributed by atoms with E-state index in [1.165, 1.54) is 7.11 Å². The fourth-order valence-corrected chi connectivity index (χ4v) is 1.53. The van der Waals surface area contributed by atoms with Gasteiger partial charge in [-0.3, -0.25) is 0 Å². The lowest BCUT2D eigenvalue weighted by atomic mass is 9.85. The van der Waals surface area contributed by atoms with Crippen LogP contribution in [0.25, 0.3) is 0 Å². The lowest BCUT2D eigenvalue weighted by molar-refractivity contribution is 0.0600. The highest BCUT2D eigenvalue weighted by molar-refractivity contribution is 5.91. The Balaban J connectivity index is 3.41. The highest BCUT2D eigenvalue weighted by Gasteiger charge is 2.22. The van der Waals surface area contributed by atoms with Crippen molar-refractivity contribution in [2.24, 2.45) is 0 Å². The number of nitriles is 1. The standard InChI is InChI=1S/C14H18N2O2/c1-14(2,9-15)11-6-10(13(17)18-5)7-12(8-11)16(3)4/h6-8H,1-5H3. The van der Waals surface area contributed by atoms with Crippen LogP contribution in [0.3, 0.4) is 0 Å². The van der Waals surface area contributed by atoms with Gasteiger partial charge >= 0.3 is 5.97 Å². The van der Waals surface area contributed by atoms with Gasteiger partial charge in [0.05, 0.1) is 24.2 Å². The molecule has 0 heterocycles. The molecule has 0 saturated carbocycles. The summed E-state index contributed by atoms with van der Waals surface area (Å²) in [5.74, 6) is -0.395. The monoisotopic (exact) mass is 246 g/mol. The Kier molecular flexibility index (Phi) is 3.97. The lowest BCUT2D eigenvalue weighted by Gasteiger charge is -2.21. The van der Waals surface area contributed by atoms with E-state index in [0.29, 0.717) is 5.56 Å². The Hall–Kier alpha value is -2.02. The third-order valence-electron chi connectivity index (χ3n) is 2.86. The number of rotatable bonds is 3. The molecule has 0 atom stereocenters. The molecule has 1 rings (SSSR count). The van der Waals surface area contributed by atoms with Crippen LogP contribution in [0.4, 0.5) is 5.69 Å². The number of esters is 1. The Bertz CT molecular complexity index is 499. The summed E-state index contributed by atoms with van der Waals surface area (Å²) in [5, 5.41) is 9.18. The highest BCUT2D eigenvalue weighted by atomic mass is 16.5. The first-order valence-corrected chi connectivity index (χ1v) is 5.64. The van der Waals surface area contributed by atoms with Crippen LogP contribution in [0.2, 0.25) is 0 Å². The summed E-state index contributed by atoms with van der Waals surface area (Å²) in [6.45, 7) is 3.64. The molecule has 4 nitrogen and oxygen atoms in total. The molecule has 0 N–H and O–H groups in total. The zero-order valence-corrected chi connectivity index (χ0v) is 11.4. The average molecular weight is 246 g/mol. The van der Waals surface area contributed by atoms with Crippen molar-refractivity contribution in [3.8, 4) is 6.07 Å². The van der Waals surface area contributed by atoms with E-state index in [9.17, 15) is 10.1 Å². The molecule has 0 saturated heterocycles. The molecule has 0 amide bonds. The molecule has 0 aliphatic carbocycles. The Morgan fingerprint density at radius 1 is 1.33 bits per heavy atom. The van der Waals surface area contributed by atoms with Crippen LogP contribution in [0.15, 0.2) is 18.2 Å². The van der Waals surface area contributed by atoms with Gasteiger partial charge in [-0.05, 0) is 37.6 Å². The number of nitrogens with zero attached hydrogens (tertiary/aromatic N) is 2. The van der Waals surface area contributed by atoms with Gasteiger partial charge < -0.3 is 9.64 Å². The van der Waals surface area contributed by atoms with Crippen LogP contribution in [-0.4, -0.2) is 27.2 Å². The van der Waals surface area contributed by atoms with E-state index in [0.717, 1.165) is 11.3 Å². The van der Waals surface area contributed by atoms with E-state index >= 15 is 0 Å². The summed E-state index contributed by atoms with van der Waals surface area (Å²) < 4.78 is 4.73. The predicted molar refractivity (Wildman–Crippen MR) is 70.7 cm³/mol. The molecule has 96 valence electrons. The molecular formula is C14H18N2O2. The van der Waals surface area contributed by atoms with Crippen molar-refractivity contribution >= 4 is 11.7 Å². The number of methoxy groups -OCH3 is 1. The van der Waals surface area contributed by atoms with E-state index in [2.05, 4.69) is 6.07 Å². The number of benzene rings is 1. The highest BCUT2D eigenvalue weighted by Crippen LogP contribution is 2.27. The van der Waals surface area contributed by atoms with E-state index in [1.54, 1.807) is 12.1 Å². The van der Waals surface area contributed by atoms with Gasteiger partial charge in [0.15, 0.2) is 0 Å². The normalized spacial score (nSPS) is 10.7. The third kappa shape index (κ3) is 2.80. The van der Waals surface area contributed by atoms with Crippen molar-refractivity contribution in [1.29, 1.82) is 5.26 Å². The van der Waals surface area contributed by atoms with E-state index in [4.69, 9.17) is 4.74 Å². The van der Waals surface area contributed by atoms with Gasteiger partial charge in [0, 0.05) is 19.8 Å². The number of carbonyl (C=O) groups excluding carboxylic acids is 1. The molecule has 0 aliphatic heterocycles. The molecule has 0 bridgehead atoms. The zero-order valence-electron chi connectivity index (χ0n) is 11.4. The average Bonchev–Trinajstić information content (AvgIpc) is 2.37. The van der Waals surface area contributed by atoms with E-state index in [-0.39, 0.29) is 0 Å². The summed E-state index contributed by atoms with van der Waals surface area (Å²) >= 11 is 0. The number of hydrogen-bond donors (Lipinski definition) is 0. The van der Waals surface area contributed by atoms with Gasteiger partial charge in [-0.1, -0.05) is 0 Å². The predicted octanol–water partition coefficient (Wildman–Crippen LogP) is 2.34. The lowest BCUT2D eigenvalue weighted by Crippen LogP contribution is -2.18. The summed E-state index contributed by atoms with van der Waals surface area (Å²) in [6, 6.07) is 7.61. The Morgan fingerprint density at radius 2 is 1.94 bits per heavy atom. The smallest absolute Gasteiger partial charge is 0.337 e. The van der Waals surface area contributed by atoms with Gasteiger partial charge in [-0.25, -0.2) is 4.79 Å². The molecule has 0 fully saturated rings. The van der Waals surface area contributed by atoms with Crippen LogP contribution in [0, 0.1) is 11.3 Å². The van der Waals surface area contributed by atoms with Crippen molar-refractivity contribution in [1.82, 2.24) is 0 Å². The van der Waals surface area contributed by atoms with Crippen molar-refractivity contribution in [2.45, 2.75) is 19.3 Å². The summed E-state index contributed by atoms with van der Waals surface area (Å²) in [7, 11) is 5.12. The van der Waals surface area contributed by atoms with Crippen LogP contribution in [0.1, 0.15) is 29.8 Å². The van der Waals surface area contributed by atoms with Crippen molar-refractivity contribution in [2.75, 3.05) is 26.1 Å². The summed E-state index contributed by atoms with van der Waals surface area (Å²) in [5.41, 5.74) is 1.49. The van der Waals surface area contributed by atoms with Crippen molar-refractivity contribution in [3.63, 3.8) is 0 Å².